The van der Waals surface area contributed by atoms with Gasteiger partial charge in [-0.15, -0.1) is 0 Å². The Balaban J connectivity index is 2.33. The van der Waals surface area contributed by atoms with Gasteiger partial charge in [0, 0.05) is 18.8 Å². The van der Waals surface area contributed by atoms with Crippen LogP contribution >= 0.6 is 0 Å². The molecule has 0 unspecified atom stereocenters. The van der Waals surface area contributed by atoms with Crippen LogP contribution in [0.15, 0.2) is 24.3 Å². The van der Waals surface area contributed by atoms with Crippen LogP contribution in [0, 0.1) is 0 Å². The van der Waals surface area contributed by atoms with Gasteiger partial charge in [-0.05, 0) is 31.7 Å². The number of nitrogens with one attached hydrogen (secondary N) is 1. The molecule has 3 N–H and O–H groups in total. The van der Waals surface area contributed by atoms with Crippen molar-refractivity contribution >= 4 is 17.6 Å². The first-order valence-corrected chi connectivity index (χ1v) is 6.98. The average molecular weight is 293 g/mol. The molecule has 0 aromatic heterocycles. The molecule has 0 aliphatic carbocycles. The summed E-state index contributed by atoms with van der Waals surface area (Å²) in [5.74, 6) is -0.371. The number of nitrogens with zero attached hydrogens (tertiary/aromatic N) is 1. The summed E-state index contributed by atoms with van der Waals surface area (Å²) >= 11 is 0. The second-order valence-corrected chi connectivity index (χ2v) is 4.74. The monoisotopic (exact) mass is 293 g/mol. The van der Waals surface area contributed by atoms with Crippen molar-refractivity contribution in [2.75, 3.05) is 32.1 Å². The summed E-state index contributed by atoms with van der Waals surface area (Å²) in [6, 6.07) is 7.39. The fourth-order valence-corrected chi connectivity index (χ4v) is 1.76. The minimum atomic E-state index is -0.248. The number of amides is 1. The van der Waals surface area contributed by atoms with E-state index in [2.05, 4.69) is 5.32 Å². The standard InChI is InChI=1S/C15H23N3O3/c1-3-21-15(20)8-9-18(2)11-14(19)17-13-6-4-12(10-16)5-7-13/h4-7H,3,8-11,16H2,1-2H3,(H,17,19). The van der Waals surface area contributed by atoms with Crippen LogP contribution in [-0.4, -0.2) is 43.5 Å². The van der Waals surface area contributed by atoms with Crippen molar-refractivity contribution < 1.29 is 14.3 Å². The molecule has 0 heterocycles. The Kier molecular flexibility index (Phi) is 7.42. The van der Waals surface area contributed by atoms with Crippen molar-refractivity contribution in [1.29, 1.82) is 0 Å². The molecule has 6 nitrogen and oxygen atoms in total. The molecular weight excluding hydrogens is 270 g/mol. The van der Waals surface area contributed by atoms with E-state index >= 15 is 0 Å². The molecule has 0 aliphatic rings. The zero-order valence-electron chi connectivity index (χ0n) is 12.6. The van der Waals surface area contributed by atoms with Crippen molar-refractivity contribution in [2.45, 2.75) is 19.9 Å². The molecule has 0 aliphatic heterocycles. The summed E-state index contributed by atoms with van der Waals surface area (Å²) in [4.78, 5) is 24.9. The van der Waals surface area contributed by atoms with E-state index in [1.807, 2.05) is 24.3 Å². The Morgan fingerprint density at radius 3 is 2.52 bits per heavy atom. The Hall–Kier alpha value is -1.92. The Labute approximate surface area is 125 Å². The molecule has 116 valence electrons. The van der Waals surface area contributed by atoms with Crippen LogP contribution in [0.3, 0.4) is 0 Å². The van der Waals surface area contributed by atoms with Crippen molar-refractivity contribution in [3.63, 3.8) is 0 Å². The summed E-state index contributed by atoms with van der Waals surface area (Å²) in [5, 5.41) is 2.80. The summed E-state index contributed by atoms with van der Waals surface area (Å²) in [7, 11) is 1.79. The van der Waals surface area contributed by atoms with Gasteiger partial charge in [-0.25, -0.2) is 0 Å². The smallest absolute Gasteiger partial charge is 0.307 e. The number of nitrogens with two attached hydrogens (primary N) is 1. The molecule has 1 rings (SSSR count). The van der Waals surface area contributed by atoms with Crippen molar-refractivity contribution in [2.24, 2.45) is 5.73 Å². The average Bonchev–Trinajstić information content (AvgIpc) is 2.46. The van der Waals surface area contributed by atoms with Gasteiger partial charge in [0.1, 0.15) is 0 Å². The lowest BCUT2D eigenvalue weighted by atomic mass is 10.2. The largest absolute Gasteiger partial charge is 0.466 e. The third-order valence-corrected chi connectivity index (χ3v) is 2.89. The van der Waals surface area contributed by atoms with Crippen LogP contribution in [0.5, 0.6) is 0 Å². The Morgan fingerprint density at radius 2 is 1.95 bits per heavy atom. The molecule has 0 bridgehead atoms. The first-order chi connectivity index (χ1) is 10.0. The second-order valence-electron chi connectivity index (χ2n) is 4.74. The number of benzene rings is 1. The van der Waals surface area contributed by atoms with E-state index in [1.54, 1.807) is 18.9 Å². The van der Waals surface area contributed by atoms with Crippen molar-refractivity contribution in [3.8, 4) is 0 Å². The quantitative estimate of drug-likeness (QED) is 0.698. The highest BCUT2D eigenvalue weighted by Crippen LogP contribution is 2.09. The number of likely N-dealkylation sites (N-methyl/N-ethyl adjacent to an activating group) is 1. The second kappa shape index (κ2) is 9.10. The third kappa shape index (κ3) is 6.87. The van der Waals surface area contributed by atoms with Crippen LogP contribution in [-0.2, 0) is 20.9 Å². The van der Waals surface area contributed by atoms with Crippen molar-refractivity contribution in [1.82, 2.24) is 4.90 Å². The molecule has 21 heavy (non-hydrogen) atoms. The van der Waals surface area contributed by atoms with Gasteiger partial charge in [-0.2, -0.15) is 0 Å². The Morgan fingerprint density at radius 1 is 1.29 bits per heavy atom. The number of esters is 1. The first-order valence-electron chi connectivity index (χ1n) is 6.98. The number of carbonyl (C=O) groups excluding carboxylic acids is 2. The number of hydrogen-bond acceptors (Lipinski definition) is 5. The molecule has 0 spiro atoms. The first kappa shape index (κ1) is 17.1. The highest BCUT2D eigenvalue weighted by Gasteiger charge is 2.09. The minimum Gasteiger partial charge on any atom is -0.466 e. The lowest BCUT2D eigenvalue weighted by Gasteiger charge is -2.15. The highest BCUT2D eigenvalue weighted by atomic mass is 16.5. The van der Waals surface area contributed by atoms with Gasteiger partial charge >= 0.3 is 5.97 Å². The van der Waals surface area contributed by atoms with E-state index in [0.717, 1.165) is 11.3 Å². The molecule has 0 saturated heterocycles. The highest BCUT2D eigenvalue weighted by molar-refractivity contribution is 5.92. The van der Waals surface area contributed by atoms with E-state index in [4.69, 9.17) is 10.5 Å². The van der Waals surface area contributed by atoms with E-state index in [0.29, 0.717) is 19.7 Å². The zero-order valence-corrected chi connectivity index (χ0v) is 12.6. The maximum absolute atomic E-state index is 11.9. The van der Waals surface area contributed by atoms with Crippen LogP contribution in [0.25, 0.3) is 0 Å². The van der Waals surface area contributed by atoms with E-state index in [1.165, 1.54) is 0 Å². The van der Waals surface area contributed by atoms with E-state index in [9.17, 15) is 9.59 Å². The summed E-state index contributed by atoms with van der Waals surface area (Å²) in [6.07, 6.45) is 0.281. The number of rotatable bonds is 8. The fourth-order valence-electron chi connectivity index (χ4n) is 1.76. The third-order valence-electron chi connectivity index (χ3n) is 2.89. The maximum atomic E-state index is 11.9. The van der Waals surface area contributed by atoms with Crippen LogP contribution in [0.1, 0.15) is 18.9 Å². The van der Waals surface area contributed by atoms with Crippen molar-refractivity contribution in [3.05, 3.63) is 29.8 Å². The molecule has 1 aromatic carbocycles. The van der Waals surface area contributed by atoms with Gasteiger partial charge < -0.3 is 15.8 Å². The number of carbonyl (C=O) groups is 2. The molecular formula is C15H23N3O3. The molecule has 0 radical (unpaired) electrons. The van der Waals surface area contributed by atoms with E-state index < -0.39 is 0 Å². The lowest BCUT2D eigenvalue weighted by Crippen LogP contribution is -2.32. The molecule has 0 fully saturated rings. The number of hydrogen-bond donors (Lipinski definition) is 2. The zero-order chi connectivity index (χ0) is 15.7. The van der Waals surface area contributed by atoms with Gasteiger partial charge in [-0.3, -0.25) is 14.5 Å². The fraction of sp³-hybridized carbons (Fsp3) is 0.467. The van der Waals surface area contributed by atoms with Gasteiger partial charge in [-0.1, -0.05) is 12.1 Å². The van der Waals surface area contributed by atoms with Crippen LogP contribution in [0.4, 0.5) is 5.69 Å². The van der Waals surface area contributed by atoms with Gasteiger partial charge in [0.25, 0.3) is 0 Å². The SMILES string of the molecule is CCOC(=O)CCN(C)CC(=O)Nc1ccc(CN)cc1. The van der Waals surface area contributed by atoms with Crippen LogP contribution in [0.2, 0.25) is 0 Å². The molecule has 0 atom stereocenters. The molecule has 1 amide bonds. The predicted molar refractivity (Wildman–Crippen MR) is 81.7 cm³/mol. The lowest BCUT2D eigenvalue weighted by molar-refractivity contribution is -0.143. The summed E-state index contributed by atoms with van der Waals surface area (Å²) in [6.45, 7) is 3.33. The van der Waals surface area contributed by atoms with E-state index in [-0.39, 0.29) is 24.8 Å². The minimum absolute atomic E-state index is 0.123. The number of anilines is 1. The van der Waals surface area contributed by atoms with Crippen LogP contribution < -0.4 is 11.1 Å². The molecule has 0 saturated carbocycles. The Bertz CT molecular complexity index is 460. The summed E-state index contributed by atoms with van der Waals surface area (Å²) < 4.78 is 4.84. The van der Waals surface area contributed by atoms with Gasteiger partial charge in [0.05, 0.1) is 19.6 Å². The summed E-state index contributed by atoms with van der Waals surface area (Å²) in [5.41, 5.74) is 7.26. The predicted octanol–water partition coefficient (Wildman–Crippen LogP) is 0.969. The maximum Gasteiger partial charge on any atom is 0.307 e. The number of ether oxygens (including phenoxy) is 1. The molecule has 1 aromatic rings. The molecule has 6 heteroatoms. The normalized spacial score (nSPS) is 10.5. The van der Waals surface area contributed by atoms with Gasteiger partial charge in [0.2, 0.25) is 5.91 Å². The topological polar surface area (TPSA) is 84.7 Å². The van der Waals surface area contributed by atoms with Gasteiger partial charge in [0.15, 0.2) is 0 Å².